The number of para-hydroxylation sites is 4. The van der Waals surface area contributed by atoms with Crippen molar-refractivity contribution in [2.45, 2.75) is 0 Å². The predicted molar refractivity (Wildman–Crippen MR) is 164 cm³/mol. The van der Waals surface area contributed by atoms with E-state index >= 15 is 0 Å². The van der Waals surface area contributed by atoms with E-state index in [-0.39, 0.29) is 0 Å². The summed E-state index contributed by atoms with van der Waals surface area (Å²) in [6.07, 6.45) is 5.47. The molecule has 0 amide bonds. The molecule has 40 heavy (non-hydrogen) atoms. The van der Waals surface area contributed by atoms with Gasteiger partial charge in [0.25, 0.3) is 0 Å². The minimum absolute atomic E-state index is 0.907. The summed E-state index contributed by atoms with van der Waals surface area (Å²) in [5, 5.41) is 5.60. The topological polar surface area (TPSA) is 48.5 Å². The first-order valence-corrected chi connectivity index (χ1v) is 13.4. The molecule has 0 aliphatic carbocycles. The summed E-state index contributed by atoms with van der Waals surface area (Å²) in [4.78, 5) is 14.8. The molecule has 0 aliphatic heterocycles. The monoisotopic (exact) mass is 511 g/mol. The summed E-state index contributed by atoms with van der Waals surface area (Å²) >= 11 is 0. The average Bonchev–Trinajstić information content (AvgIpc) is 3.55. The van der Waals surface area contributed by atoms with Gasteiger partial charge >= 0.3 is 0 Å². The first kappa shape index (κ1) is 21.4. The summed E-state index contributed by atoms with van der Waals surface area (Å²) in [6, 6.07) is 38.3. The van der Waals surface area contributed by atoms with Crippen LogP contribution in [0.2, 0.25) is 0 Å². The van der Waals surface area contributed by atoms with E-state index in [1.54, 1.807) is 12.4 Å². The van der Waals surface area contributed by atoms with Gasteiger partial charge in [0.1, 0.15) is 0 Å². The lowest BCUT2D eigenvalue weighted by atomic mass is 10.1. The fourth-order valence-corrected chi connectivity index (χ4v) is 6.48. The quantitative estimate of drug-likeness (QED) is 0.234. The van der Waals surface area contributed by atoms with E-state index in [1.165, 1.54) is 0 Å². The van der Waals surface area contributed by atoms with E-state index in [0.717, 1.165) is 76.9 Å². The van der Waals surface area contributed by atoms with Crippen molar-refractivity contribution < 1.29 is 0 Å². The maximum atomic E-state index is 4.97. The van der Waals surface area contributed by atoms with Crippen molar-refractivity contribution in [2.24, 2.45) is 0 Å². The van der Waals surface area contributed by atoms with Crippen LogP contribution in [0.25, 0.3) is 76.9 Å². The fourth-order valence-electron chi connectivity index (χ4n) is 6.48. The molecule has 0 atom stereocenters. The van der Waals surface area contributed by atoms with Crippen molar-refractivity contribution in [1.29, 1.82) is 0 Å². The van der Waals surface area contributed by atoms with Crippen molar-refractivity contribution in [3.63, 3.8) is 0 Å². The zero-order chi connectivity index (χ0) is 26.2. The van der Waals surface area contributed by atoms with Gasteiger partial charge < -0.3 is 9.13 Å². The molecule has 9 aromatic rings. The average molecular weight is 512 g/mol. The van der Waals surface area contributed by atoms with Crippen molar-refractivity contribution in [3.8, 4) is 11.4 Å². The number of nitrogens with zero attached hydrogens (tertiary/aromatic N) is 5. The Morgan fingerprint density at radius 2 is 1.00 bits per heavy atom. The fraction of sp³-hybridized carbons (Fsp3) is 0. The van der Waals surface area contributed by atoms with Gasteiger partial charge in [-0.15, -0.1) is 0 Å². The Kier molecular flexibility index (Phi) is 4.27. The molecule has 0 saturated heterocycles. The Balaban J connectivity index is 1.67. The van der Waals surface area contributed by atoms with Gasteiger partial charge in [0, 0.05) is 51.2 Å². The molecule has 4 aromatic heterocycles. The molecule has 0 spiro atoms. The van der Waals surface area contributed by atoms with Crippen LogP contribution in [0.15, 0.2) is 128 Å². The minimum atomic E-state index is 0.907. The molecule has 0 saturated carbocycles. The molecule has 0 fully saturated rings. The summed E-state index contributed by atoms with van der Waals surface area (Å²) in [5.41, 5.74) is 9.38. The molecule has 0 unspecified atom stereocenters. The SMILES string of the molecule is c1ccc(-n2c3ccccc3c3c4nccnc4c4c5ccccc5n(-c5cccc6cccnc56)c4c32)cc1. The number of hydrogen-bond acceptors (Lipinski definition) is 3. The normalized spacial score (nSPS) is 12.0. The van der Waals surface area contributed by atoms with Crippen molar-refractivity contribution >= 4 is 65.5 Å². The van der Waals surface area contributed by atoms with Gasteiger partial charge in [-0.25, -0.2) is 0 Å². The number of aromatic nitrogens is 5. The Labute approximate surface area is 228 Å². The number of pyridine rings is 1. The summed E-state index contributed by atoms with van der Waals surface area (Å²) < 4.78 is 4.77. The minimum Gasteiger partial charge on any atom is -0.307 e. The first-order chi connectivity index (χ1) is 19.9. The van der Waals surface area contributed by atoms with Gasteiger partial charge in [-0.05, 0) is 36.4 Å². The summed E-state index contributed by atoms with van der Waals surface area (Å²) in [5.74, 6) is 0. The molecule has 4 heterocycles. The Bertz CT molecular complexity index is 2430. The van der Waals surface area contributed by atoms with E-state index in [0.29, 0.717) is 0 Å². The lowest BCUT2D eigenvalue weighted by Gasteiger charge is -2.14. The zero-order valence-electron chi connectivity index (χ0n) is 21.4. The zero-order valence-corrected chi connectivity index (χ0v) is 21.4. The highest BCUT2D eigenvalue weighted by Crippen LogP contribution is 2.45. The van der Waals surface area contributed by atoms with Crippen LogP contribution in [-0.2, 0) is 0 Å². The van der Waals surface area contributed by atoms with Crippen molar-refractivity contribution in [2.75, 3.05) is 0 Å². The highest BCUT2D eigenvalue weighted by atomic mass is 15.1. The molecule has 0 radical (unpaired) electrons. The van der Waals surface area contributed by atoms with Crippen LogP contribution in [0.5, 0.6) is 0 Å². The van der Waals surface area contributed by atoms with Crippen LogP contribution in [0.4, 0.5) is 0 Å². The van der Waals surface area contributed by atoms with Crippen LogP contribution in [-0.4, -0.2) is 24.1 Å². The van der Waals surface area contributed by atoms with E-state index < -0.39 is 0 Å². The van der Waals surface area contributed by atoms with E-state index in [1.807, 2.05) is 12.3 Å². The third-order valence-electron chi connectivity index (χ3n) is 8.01. The third kappa shape index (κ3) is 2.73. The van der Waals surface area contributed by atoms with Crippen LogP contribution in [0, 0.1) is 0 Å². The highest BCUT2D eigenvalue weighted by Gasteiger charge is 2.26. The molecule has 5 heteroatoms. The lowest BCUT2D eigenvalue weighted by molar-refractivity contribution is 1.15. The smallest absolute Gasteiger partial charge is 0.0994 e. The largest absolute Gasteiger partial charge is 0.307 e. The maximum Gasteiger partial charge on any atom is 0.0994 e. The molecular weight excluding hydrogens is 490 g/mol. The van der Waals surface area contributed by atoms with Gasteiger partial charge in [-0.1, -0.05) is 72.8 Å². The van der Waals surface area contributed by atoms with Crippen LogP contribution in [0.1, 0.15) is 0 Å². The van der Waals surface area contributed by atoms with E-state index in [4.69, 9.17) is 15.0 Å². The van der Waals surface area contributed by atoms with Crippen molar-refractivity contribution in [1.82, 2.24) is 24.1 Å². The van der Waals surface area contributed by atoms with Gasteiger partial charge in [0.05, 0.1) is 44.3 Å². The molecule has 0 N–H and O–H groups in total. The molecule has 9 rings (SSSR count). The third-order valence-corrected chi connectivity index (χ3v) is 8.01. The van der Waals surface area contributed by atoms with E-state index in [2.05, 4.69) is 112 Å². The molecular formula is C35H21N5. The van der Waals surface area contributed by atoms with Crippen LogP contribution < -0.4 is 0 Å². The molecule has 5 aromatic carbocycles. The highest BCUT2D eigenvalue weighted by molar-refractivity contribution is 6.35. The maximum absolute atomic E-state index is 4.97. The number of hydrogen-bond donors (Lipinski definition) is 0. The Morgan fingerprint density at radius 1 is 0.425 bits per heavy atom. The van der Waals surface area contributed by atoms with Gasteiger partial charge in [-0.3, -0.25) is 15.0 Å². The summed E-state index contributed by atoms with van der Waals surface area (Å²) in [7, 11) is 0. The lowest BCUT2D eigenvalue weighted by Crippen LogP contribution is -2.00. The van der Waals surface area contributed by atoms with Crippen LogP contribution in [0.3, 0.4) is 0 Å². The van der Waals surface area contributed by atoms with Crippen molar-refractivity contribution in [3.05, 3.63) is 128 Å². The Morgan fingerprint density at radius 3 is 1.73 bits per heavy atom. The summed E-state index contributed by atoms with van der Waals surface area (Å²) in [6.45, 7) is 0. The Hall–Kier alpha value is -5.55. The molecule has 186 valence electrons. The molecule has 5 nitrogen and oxygen atoms in total. The number of benzene rings is 5. The van der Waals surface area contributed by atoms with Gasteiger partial charge in [-0.2, -0.15) is 0 Å². The van der Waals surface area contributed by atoms with Gasteiger partial charge in [0.2, 0.25) is 0 Å². The van der Waals surface area contributed by atoms with Gasteiger partial charge in [0.15, 0.2) is 0 Å². The second kappa shape index (κ2) is 7.98. The van der Waals surface area contributed by atoms with E-state index in [9.17, 15) is 0 Å². The first-order valence-electron chi connectivity index (χ1n) is 13.4. The molecule has 0 aliphatic rings. The second-order valence-electron chi connectivity index (χ2n) is 10.1. The number of rotatable bonds is 2. The van der Waals surface area contributed by atoms with Crippen LogP contribution >= 0.6 is 0 Å². The predicted octanol–water partition coefficient (Wildman–Crippen LogP) is 8.37. The standard InChI is InChI=1S/C35H21N5/c1-2-12-23(13-3-1)39-26-16-6-4-14-24(26)29-32-33(38-21-20-37-32)30-25-15-5-7-17-27(25)40(35(30)34(29)39)28-18-8-10-22-11-9-19-36-31(22)28/h1-21H. The second-order valence-corrected chi connectivity index (χ2v) is 10.1. The number of fused-ring (bicyclic) bond motifs is 11. The molecule has 0 bridgehead atoms.